The number of fused-ring (bicyclic) bond motifs is 1. The minimum atomic E-state index is -0.400. The van der Waals surface area contributed by atoms with Crippen molar-refractivity contribution >= 4 is 33.1 Å². The molecule has 0 aliphatic heterocycles. The number of benzene rings is 2. The highest BCUT2D eigenvalue weighted by molar-refractivity contribution is 7.17. The Labute approximate surface area is 175 Å². The number of carbonyl (C=O) groups excluding carboxylic acids is 1. The van der Waals surface area contributed by atoms with Crippen LogP contribution in [0.1, 0.15) is 6.92 Å². The van der Waals surface area contributed by atoms with E-state index in [-0.39, 0.29) is 12.1 Å². The number of aromatic nitrogens is 2. The molecule has 0 spiro atoms. The van der Waals surface area contributed by atoms with Crippen LogP contribution in [0, 0.1) is 5.82 Å². The van der Waals surface area contributed by atoms with Crippen LogP contribution in [0.4, 0.5) is 10.1 Å². The van der Waals surface area contributed by atoms with E-state index < -0.39 is 11.7 Å². The molecule has 4 rings (SSSR count). The molecular formula is C22H18FN3O3S. The third-order valence-corrected chi connectivity index (χ3v) is 5.37. The average molecular weight is 423 g/mol. The quantitative estimate of drug-likeness (QED) is 0.502. The fourth-order valence-corrected chi connectivity index (χ4v) is 3.99. The SMILES string of the molecule is CCOc1ccc(-c2csc3ncn(CC(=O)Nc4ccc(F)cc4)c(=O)c23)cc1. The number of amides is 1. The topological polar surface area (TPSA) is 73.2 Å². The maximum atomic E-state index is 13.1. The molecule has 0 saturated carbocycles. The summed E-state index contributed by atoms with van der Waals surface area (Å²) in [5.41, 5.74) is 1.80. The summed E-state index contributed by atoms with van der Waals surface area (Å²) < 4.78 is 19.7. The van der Waals surface area contributed by atoms with E-state index in [9.17, 15) is 14.0 Å². The highest BCUT2D eigenvalue weighted by Crippen LogP contribution is 2.31. The lowest BCUT2D eigenvalue weighted by Gasteiger charge is -2.08. The van der Waals surface area contributed by atoms with Crippen LogP contribution in [-0.4, -0.2) is 22.1 Å². The molecule has 2 aromatic carbocycles. The van der Waals surface area contributed by atoms with Gasteiger partial charge in [-0.15, -0.1) is 11.3 Å². The second-order valence-electron chi connectivity index (χ2n) is 6.52. The van der Waals surface area contributed by atoms with E-state index in [4.69, 9.17) is 4.74 Å². The lowest BCUT2D eigenvalue weighted by molar-refractivity contribution is -0.116. The first-order valence-corrected chi connectivity index (χ1v) is 10.2. The Morgan fingerprint density at radius 1 is 1.17 bits per heavy atom. The number of hydrogen-bond donors (Lipinski definition) is 1. The Morgan fingerprint density at radius 2 is 1.90 bits per heavy atom. The van der Waals surface area contributed by atoms with E-state index in [0.717, 1.165) is 16.9 Å². The van der Waals surface area contributed by atoms with Crippen LogP contribution in [0.15, 0.2) is 65.0 Å². The van der Waals surface area contributed by atoms with Crippen molar-refractivity contribution in [2.75, 3.05) is 11.9 Å². The predicted molar refractivity (Wildman–Crippen MR) is 116 cm³/mol. The van der Waals surface area contributed by atoms with Crippen LogP contribution in [0.25, 0.3) is 21.3 Å². The highest BCUT2D eigenvalue weighted by Gasteiger charge is 2.15. The zero-order valence-corrected chi connectivity index (χ0v) is 16.9. The Balaban J connectivity index is 1.61. The Morgan fingerprint density at radius 3 is 2.60 bits per heavy atom. The first kappa shape index (κ1) is 19.8. The molecule has 0 atom stereocenters. The predicted octanol–water partition coefficient (Wildman–Crippen LogP) is 4.30. The fraction of sp³-hybridized carbons (Fsp3) is 0.136. The molecule has 0 aliphatic carbocycles. The minimum Gasteiger partial charge on any atom is -0.494 e. The van der Waals surface area contributed by atoms with E-state index in [1.807, 2.05) is 36.6 Å². The monoisotopic (exact) mass is 423 g/mol. The van der Waals surface area contributed by atoms with Gasteiger partial charge in [0.1, 0.15) is 22.9 Å². The number of nitrogens with one attached hydrogen (secondary N) is 1. The third-order valence-electron chi connectivity index (χ3n) is 4.48. The van der Waals surface area contributed by atoms with Crippen molar-refractivity contribution in [1.29, 1.82) is 0 Å². The summed E-state index contributed by atoms with van der Waals surface area (Å²) in [6.07, 6.45) is 1.37. The van der Waals surface area contributed by atoms with Crippen LogP contribution in [0.2, 0.25) is 0 Å². The maximum absolute atomic E-state index is 13.1. The normalized spacial score (nSPS) is 10.9. The summed E-state index contributed by atoms with van der Waals surface area (Å²) in [6.45, 7) is 2.30. The lowest BCUT2D eigenvalue weighted by atomic mass is 10.1. The number of ether oxygens (including phenoxy) is 1. The molecule has 30 heavy (non-hydrogen) atoms. The van der Waals surface area contributed by atoms with E-state index in [1.54, 1.807) is 0 Å². The highest BCUT2D eigenvalue weighted by atomic mass is 32.1. The van der Waals surface area contributed by atoms with Gasteiger partial charge in [-0.05, 0) is 48.9 Å². The van der Waals surface area contributed by atoms with Crippen molar-refractivity contribution in [3.8, 4) is 16.9 Å². The molecule has 1 N–H and O–H groups in total. The molecule has 2 aromatic heterocycles. The van der Waals surface area contributed by atoms with E-state index >= 15 is 0 Å². The van der Waals surface area contributed by atoms with Crippen molar-refractivity contribution in [2.24, 2.45) is 0 Å². The van der Waals surface area contributed by atoms with Gasteiger partial charge in [-0.1, -0.05) is 12.1 Å². The second kappa shape index (κ2) is 8.46. The van der Waals surface area contributed by atoms with E-state index in [0.29, 0.717) is 22.5 Å². The number of anilines is 1. The van der Waals surface area contributed by atoms with Crippen molar-refractivity contribution in [3.05, 3.63) is 76.4 Å². The second-order valence-corrected chi connectivity index (χ2v) is 7.38. The number of thiophene rings is 1. The molecule has 152 valence electrons. The van der Waals surface area contributed by atoms with Gasteiger partial charge in [-0.25, -0.2) is 9.37 Å². The molecule has 0 unspecified atom stereocenters. The van der Waals surface area contributed by atoms with Gasteiger partial charge in [0.15, 0.2) is 0 Å². The molecule has 0 fully saturated rings. The third kappa shape index (κ3) is 4.08. The van der Waals surface area contributed by atoms with Gasteiger partial charge >= 0.3 is 0 Å². The van der Waals surface area contributed by atoms with Crippen LogP contribution in [0.3, 0.4) is 0 Å². The number of rotatable bonds is 6. The van der Waals surface area contributed by atoms with Crippen molar-refractivity contribution in [2.45, 2.75) is 13.5 Å². The molecule has 6 nitrogen and oxygen atoms in total. The van der Waals surface area contributed by atoms with Gasteiger partial charge in [0, 0.05) is 16.6 Å². The zero-order valence-electron chi connectivity index (χ0n) is 16.1. The Kier molecular flexibility index (Phi) is 5.58. The summed E-state index contributed by atoms with van der Waals surface area (Å²) >= 11 is 1.38. The van der Waals surface area contributed by atoms with Crippen molar-refractivity contribution in [1.82, 2.24) is 9.55 Å². The van der Waals surface area contributed by atoms with Gasteiger partial charge in [-0.2, -0.15) is 0 Å². The Bertz CT molecular complexity index is 1250. The molecule has 0 radical (unpaired) electrons. The van der Waals surface area contributed by atoms with Gasteiger partial charge in [0.05, 0.1) is 18.3 Å². The number of nitrogens with zero attached hydrogens (tertiary/aromatic N) is 2. The summed E-state index contributed by atoms with van der Waals surface area (Å²) in [5, 5.41) is 5.01. The number of hydrogen-bond acceptors (Lipinski definition) is 5. The number of carbonyl (C=O) groups is 1. The molecular weight excluding hydrogens is 405 g/mol. The first-order valence-electron chi connectivity index (χ1n) is 9.30. The summed E-state index contributed by atoms with van der Waals surface area (Å²) in [6, 6.07) is 12.9. The summed E-state index contributed by atoms with van der Waals surface area (Å²) in [7, 11) is 0. The van der Waals surface area contributed by atoms with E-state index in [1.165, 1.54) is 46.5 Å². The largest absolute Gasteiger partial charge is 0.494 e. The van der Waals surface area contributed by atoms with Gasteiger partial charge in [0.2, 0.25) is 5.91 Å². The Hall–Kier alpha value is -3.52. The van der Waals surface area contributed by atoms with Crippen LogP contribution >= 0.6 is 11.3 Å². The summed E-state index contributed by atoms with van der Waals surface area (Å²) in [5.74, 6) is -0.0327. The first-order chi connectivity index (χ1) is 14.5. The molecule has 1 amide bonds. The minimum absolute atomic E-state index is 0.197. The standard InChI is InChI=1S/C22H18FN3O3S/c1-2-29-17-9-3-14(4-10-17)18-12-30-21-20(18)22(28)26(13-24-21)11-19(27)25-16-7-5-15(23)6-8-16/h3-10,12-13H,2,11H2,1H3,(H,25,27). The van der Waals surface area contributed by atoms with Gasteiger partial charge in [0.25, 0.3) is 5.56 Å². The summed E-state index contributed by atoms with van der Waals surface area (Å²) in [4.78, 5) is 30.3. The zero-order chi connectivity index (χ0) is 21.1. The molecule has 0 aliphatic rings. The van der Waals surface area contributed by atoms with Crippen molar-refractivity contribution < 1.29 is 13.9 Å². The lowest BCUT2D eigenvalue weighted by Crippen LogP contribution is -2.27. The van der Waals surface area contributed by atoms with Gasteiger partial charge < -0.3 is 10.1 Å². The smallest absolute Gasteiger partial charge is 0.263 e. The van der Waals surface area contributed by atoms with Crippen LogP contribution in [-0.2, 0) is 11.3 Å². The molecule has 0 saturated heterocycles. The van der Waals surface area contributed by atoms with Crippen molar-refractivity contribution in [3.63, 3.8) is 0 Å². The van der Waals surface area contributed by atoms with Gasteiger partial charge in [-0.3, -0.25) is 14.2 Å². The molecule has 4 aromatic rings. The number of halogens is 1. The van der Waals surface area contributed by atoms with Crippen LogP contribution < -0.4 is 15.6 Å². The fourth-order valence-electron chi connectivity index (χ4n) is 3.08. The van der Waals surface area contributed by atoms with E-state index in [2.05, 4.69) is 10.3 Å². The average Bonchev–Trinajstić information content (AvgIpc) is 3.18. The molecule has 2 heterocycles. The van der Waals surface area contributed by atoms with Crippen LogP contribution in [0.5, 0.6) is 5.75 Å². The maximum Gasteiger partial charge on any atom is 0.263 e. The molecule has 8 heteroatoms. The molecule has 0 bridgehead atoms.